The molecule has 126 valence electrons. The van der Waals surface area contributed by atoms with E-state index in [1.54, 1.807) is 26.2 Å². The third-order valence-corrected chi connectivity index (χ3v) is 3.59. The van der Waals surface area contributed by atoms with E-state index in [-0.39, 0.29) is 18.1 Å². The van der Waals surface area contributed by atoms with E-state index < -0.39 is 4.92 Å². The van der Waals surface area contributed by atoms with Crippen LogP contribution in [0.1, 0.15) is 11.1 Å². The maximum atomic E-state index is 11.9. The van der Waals surface area contributed by atoms with Gasteiger partial charge in [0, 0.05) is 23.9 Å². The molecule has 0 heterocycles. The van der Waals surface area contributed by atoms with E-state index in [0.29, 0.717) is 17.8 Å². The van der Waals surface area contributed by atoms with E-state index in [0.717, 1.165) is 11.3 Å². The summed E-state index contributed by atoms with van der Waals surface area (Å²) in [6.45, 7) is 2.09. The summed E-state index contributed by atoms with van der Waals surface area (Å²) in [7, 11) is 1.60. The van der Waals surface area contributed by atoms with Crippen LogP contribution in [-0.2, 0) is 11.3 Å². The Labute approximate surface area is 139 Å². The number of nitrogens with zero attached hydrogens (tertiary/aromatic N) is 1. The molecule has 1 amide bonds. The molecule has 24 heavy (non-hydrogen) atoms. The molecule has 0 bridgehead atoms. The third kappa shape index (κ3) is 4.45. The maximum Gasteiger partial charge on any atom is 0.274 e. The first-order chi connectivity index (χ1) is 11.5. The lowest BCUT2D eigenvalue weighted by Crippen LogP contribution is -2.29. The molecule has 0 saturated carbocycles. The number of benzene rings is 2. The average molecular weight is 329 g/mol. The zero-order chi connectivity index (χ0) is 17.5. The van der Waals surface area contributed by atoms with Gasteiger partial charge in [0.25, 0.3) is 5.69 Å². The molecule has 0 aromatic heterocycles. The van der Waals surface area contributed by atoms with Gasteiger partial charge in [-0.1, -0.05) is 18.2 Å². The molecule has 0 aliphatic rings. The molecule has 2 rings (SSSR count). The van der Waals surface area contributed by atoms with Crippen molar-refractivity contribution in [1.29, 1.82) is 0 Å². The molecule has 0 aliphatic carbocycles. The number of methoxy groups -OCH3 is 1. The highest BCUT2D eigenvalue weighted by molar-refractivity contribution is 5.81. The molecule has 2 aromatic carbocycles. The summed E-state index contributed by atoms with van der Waals surface area (Å²) in [6, 6.07) is 12.1. The summed E-state index contributed by atoms with van der Waals surface area (Å²) < 4.78 is 5.07. The Balaban J connectivity index is 1.87. The number of nitrogens with one attached hydrogen (secondary N) is 2. The molecule has 0 atom stereocenters. The quantitative estimate of drug-likeness (QED) is 0.601. The first-order valence-electron chi connectivity index (χ1n) is 7.38. The Morgan fingerprint density at radius 2 is 1.92 bits per heavy atom. The second kappa shape index (κ2) is 7.96. The van der Waals surface area contributed by atoms with Crippen LogP contribution in [0, 0.1) is 17.0 Å². The van der Waals surface area contributed by atoms with E-state index in [4.69, 9.17) is 4.74 Å². The molecular weight excluding hydrogens is 310 g/mol. The smallest absolute Gasteiger partial charge is 0.274 e. The van der Waals surface area contributed by atoms with E-state index >= 15 is 0 Å². The molecule has 0 saturated heterocycles. The van der Waals surface area contributed by atoms with Gasteiger partial charge >= 0.3 is 0 Å². The normalized spacial score (nSPS) is 10.1. The fourth-order valence-corrected chi connectivity index (χ4v) is 2.19. The highest BCUT2D eigenvalue weighted by Crippen LogP contribution is 2.24. The number of amides is 1. The summed E-state index contributed by atoms with van der Waals surface area (Å²) in [4.78, 5) is 22.4. The van der Waals surface area contributed by atoms with Gasteiger partial charge in [-0.05, 0) is 30.7 Å². The minimum absolute atomic E-state index is 0.0265. The van der Waals surface area contributed by atoms with Crippen molar-refractivity contribution in [3.05, 3.63) is 63.7 Å². The number of carbonyl (C=O) groups excluding carboxylic acids is 1. The van der Waals surface area contributed by atoms with Crippen LogP contribution < -0.4 is 15.4 Å². The predicted octanol–water partition coefficient (Wildman–Crippen LogP) is 2.64. The molecule has 7 heteroatoms. The van der Waals surface area contributed by atoms with Crippen LogP contribution in [0.2, 0.25) is 0 Å². The zero-order valence-electron chi connectivity index (χ0n) is 13.5. The van der Waals surface area contributed by atoms with Crippen molar-refractivity contribution < 1.29 is 14.5 Å². The van der Waals surface area contributed by atoms with Gasteiger partial charge in [0.2, 0.25) is 5.91 Å². The summed E-state index contributed by atoms with van der Waals surface area (Å²) in [5.74, 6) is 0.560. The second-order valence-corrected chi connectivity index (χ2v) is 5.19. The molecular formula is C17H19N3O4. The molecule has 0 aliphatic heterocycles. The van der Waals surface area contributed by atoms with Crippen LogP contribution in [0.25, 0.3) is 0 Å². The molecule has 2 aromatic rings. The number of nitro benzene ring substituents is 1. The van der Waals surface area contributed by atoms with Crippen LogP contribution in [0.5, 0.6) is 5.75 Å². The van der Waals surface area contributed by atoms with Gasteiger partial charge in [-0.25, -0.2) is 0 Å². The van der Waals surface area contributed by atoms with Crippen molar-refractivity contribution >= 4 is 17.3 Å². The van der Waals surface area contributed by atoms with Crippen molar-refractivity contribution in [2.75, 3.05) is 19.0 Å². The van der Waals surface area contributed by atoms with E-state index in [2.05, 4.69) is 10.6 Å². The summed E-state index contributed by atoms with van der Waals surface area (Å²) >= 11 is 0. The fourth-order valence-electron chi connectivity index (χ4n) is 2.19. The van der Waals surface area contributed by atoms with Crippen molar-refractivity contribution in [1.82, 2.24) is 5.32 Å². The minimum Gasteiger partial charge on any atom is -0.497 e. The van der Waals surface area contributed by atoms with Crippen LogP contribution in [0.3, 0.4) is 0 Å². The Kier molecular flexibility index (Phi) is 5.73. The highest BCUT2D eigenvalue weighted by Gasteiger charge is 2.13. The first-order valence-corrected chi connectivity index (χ1v) is 7.38. The Hall–Kier alpha value is -3.09. The first kappa shape index (κ1) is 17.3. The predicted molar refractivity (Wildman–Crippen MR) is 91.2 cm³/mol. The molecule has 0 spiro atoms. The lowest BCUT2D eigenvalue weighted by atomic mass is 10.1. The van der Waals surface area contributed by atoms with Gasteiger partial charge in [0.05, 0.1) is 18.6 Å². The third-order valence-electron chi connectivity index (χ3n) is 3.59. The number of carbonyl (C=O) groups is 1. The Bertz CT molecular complexity index is 729. The van der Waals surface area contributed by atoms with Gasteiger partial charge in [-0.15, -0.1) is 0 Å². The van der Waals surface area contributed by atoms with Gasteiger partial charge in [0.1, 0.15) is 5.75 Å². The van der Waals surface area contributed by atoms with Gasteiger partial charge in [0.15, 0.2) is 0 Å². The van der Waals surface area contributed by atoms with Crippen molar-refractivity contribution in [3.63, 3.8) is 0 Å². The number of nitro groups is 1. The number of rotatable bonds is 7. The molecule has 7 nitrogen and oxygen atoms in total. The van der Waals surface area contributed by atoms with Gasteiger partial charge in [-0.2, -0.15) is 0 Å². The number of anilines is 1. The topological polar surface area (TPSA) is 93.5 Å². The molecule has 0 unspecified atom stereocenters. The van der Waals surface area contributed by atoms with Crippen LogP contribution in [-0.4, -0.2) is 24.5 Å². The molecule has 0 fully saturated rings. The summed E-state index contributed by atoms with van der Waals surface area (Å²) in [6.07, 6.45) is 0. The van der Waals surface area contributed by atoms with Crippen LogP contribution >= 0.6 is 0 Å². The summed E-state index contributed by atoms with van der Waals surface area (Å²) in [5, 5.41) is 16.6. The monoisotopic (exact) mass is 329 g/mol. The van der Waals surface area contributed by atoms with Crippen LogP contribution in [0.4, 0.5) is 11.4 Å². The standard InChI is InChI=1S/C17H19N3O4/c1-12-15(4-3-5-16(12)20(22)23)18-11-17(21)19-10-13-6-8-14(24-2)9-7-13/h3-9,18H,10-11H2,1-2H3,(H,19,21). The van der Waals surface area contributed by atoms with Crippen LogP contribution in [0.15, 0.2) is 42.5 Å². The number of hydrogen-bond donors (Lipinski definition) is 2. The second-order valence-electron chi connectivity index (χ2n) is 5.19. The SMILES string of the molecule is COc1ccc(CNC(=O)CNc2cccc([N+](=O)[O-])c2C)cc1. The summed E-state index contributed by atoms with van der Waals surface area (Å²) in [5.41, 5.74) is 2.06. The van der Waals surface area contributed by atoms with E-state index in [1.165, 1.54) is 6.07 Å². The Morgan fingerprint density at radius 3 is 2.54 bits per heavy atom. The van der Waals surface area contributed by atoms with Crippen molar-refractivity contribution in [2.45, 2.75) is 13.5 Å². The highest BCUT2D eigenvalue weighted by atomic mass is 16.6. The minimum atomic E-state index is -0.440. The van der Waals surface area contributed by atoms with Crippen molar-refractivity contribution in [2.24, 2.45) is 0 Å². The average Bonchev–Trinajstić information content (AvgIpc) is 2.59. The number of hydrogen-bond acceptors (Lipinski definition) is 5. The lowest BCUT2D eigenvalue weighted by molar-refractivity contribution is -0.385. The lowest BCUT2D eigenvalue weighted by Gasteiger charge is -2.10. The molecule has 0 radical (unpaired) electrons. The fraction of sp³-hybridized carbons (Fsp3) is 0.235. The van der Waals surface area contributed by atoms with E-state index in [1.807, 2.05) is 24.3 Å². The zero-order valence-corrected chi connectivity index (χ0v) is 13.5. The Morgan fingerprint density at radius 1 is 1.21 bits per heavy atom. The van der Waals surface area contributed by atoms with Crippen molar-refractivity contribution in [3.8, 4) is 5.75 Å². The van der Waals surface area contributed by atoms with Gasteiger partial charge < -0.3 is 15.4 Å². The van der Waals surface area contributed by atoms with E-state index in [9.17, 15) is 14.9 Å². The number of ether oxygens (including phenoxy) is 1. The van der Waals surface area contributed by atoms with Gasteiger partial charge in [-0.3, -0.25) is 14.9 Å². The largest absolute Gasteiger partial charge is 0.497 e. The maximum absolute atomic E-state index is 11.9. The molecule has 2 N–H and O–H groups in total.